The van der Waals surface area contributed by atoms with Gasteiger partial charge in [-0.15, -0.1) is 16.4 Å². The molecule has 114 valence electrons. The van der Waals surface area contributed by atoms with Crippen molar-refractivity contribution >= 4 is 17.2 Å². The molecule has 1 fully saturated rings. The van der Waals surface area contributed by atoms with Gasteiger partial charge >= 0.3 is 0 Å². The average molecular weight is 315 g/mol. The first-order valence-electron chi connectivity index (χ1n) is 7.12. The second-order valence-corrected chi connectivity index (χ2v) is 6.24. The topological polar surface area (TPSA) is 74.9 Å². The van der Waals surface area contributed by atoms with E-state index in [0.717, 1.165) is 22.0 Å². The number of rotatable bonds is 2. The van der Waals surface area contributed by atoms with Gasteiger partial charge in [0.2, 0.25) is 0 Å². The highest BCUT2D eigenvalue weighted by Crippen LogP contribution is 2.29. The Labute approximate surface area is 133 Å². The van der Waals surface area contributed by atoms with Crippen molar-refractivity contribution in [2.45, 2.75) is 26.9 Å². The Balaban J connectivity index is 1.90. The van der Waals surface area contributed by atoms with Crippen LogP contribution in [0.1, 0.15) is 33.6 Å². The third-order valence-corrected chi connectivity index (χ3v) is 4.88. The first-order valence-corrected chi connectivity index (χ1v) is 8.00. The van der Waals surface area contributed by atoms with Crippen molar-refractivity contribution in [3.63, 3.8) is 0 Å². The molecule has 0 aliphatic carbocycles. The summed E-state index contributed by atoms with van der Waals surface area (Å²) in [4.78, 5) is 6.57. The molecule has 1 saturated heterocycles. The monoisotopic (exact) mass is 315 g/mol. The molecular formula is C15H17N5OS. The first kappa shape index (κ1) is 14.9. The fraction of sp³-hybridized carbons (Fsp3) is 0.467. The van der Waals surface area contributed by atoms with Crippen LogP contribution in [0.15, 0.2) is 5.38 Å². The maximum Gasteiger partial charge on any atom is 0.169 e. The van der Waals surface area contributed by atoms with Gasteiger partial charge in [0.1, 0.15) is 22.7 Å². The van der Waals surface area contributed by atoms with E-state index >= 15 is 0 Å². The highest BCUT2D eigenvalue weighted by Gasteiger charge is 2.27. The molecule has 0 saturated carbocycles. The van der Waals surface area contributed by atoms with Crippen LogP contribution in [0.3, 0.4) is 0 Å². The Morgan fingerprint density at radius 3 is 2.86 bits per heavy atom. The molecule has 6 nitrogen and oxygen atoms in total. The SMILES string of the molecule is Cc1csc([C@H]2CN(c3nnc(C)c(C)c3C#N)CCO2)n1. The van der Waals surface area contributed by atoms with Gasteiger partial charge in [0, 0.05) is 17.6 Å². The number of nitrogens with zero attached hydrogens (tertiary/aromatic N) is 5. The summed E-state index contributed by atoms with van der Waals surface area (Å²) in [6.07, 6.45) is -0.0811. The molecule has 3 heterocycles. The quantitative estimate of drug-likeness (QED) is 0.846. The van der Waals surface area contributed by atoms with E-state index in [1.807, 2.05) is 26.2 Å². The van der Waals surface area contributed by atoms with E-state index in [1.54, 1.807) is 11.3 Å². The fourth-order valence-corrected chi connectivity index (χ4v) is 3.30. The molecule has 0 radical (unpaired) electrons. The molecule has 1 atom stereocenters. The number of hydrogen-bond donors (Lipinski definition) is 0. The summed E-state index contributed by atoms with van der Waals surface area (Å²) in [5.41, 5.74) is 3.29. The van der Waals surface area contributed by atoms with Crippen LogP contribution in [0, 0.1) is 32.1 Å². The summed E-state index contributed by atoms with van der Waals surface area (Å²) in [7, 11) is 0. The van der Waals surface area contributed by atoms with E-state index in [-0.39, 0.29) is 6.10 Å². The second-order valence-electron chi connectivity index (χ2n) is 5.35. The van der Waals surface area contributed by atoms with Gasteiger partial charge in [-0.3, -0.25) is 0 Å². The van der Waals surface area contributed by atoms with Gasteiger partial charge in [-0.25, -0.2) is 4.98 Å². The summed E-state index contributed by atoms with van der Waals surface area (Å²) in [6, 6.07) is 2.26. The Morgan fingerprint density at radius 2 is 2.18 bits per heavy atom. The highest BCUT2D eigenvalue weighted by atomic mass is 32.1. The Bertz CT molecular complexity index is 736. The van der Waals surface area contributed by atoms with E-state index in [9.17, 15) is 5.26 Å². The first-order chi connectivity index (χ1) is 10.6. The number of nitriles is 1. The van der Waals surface area contributed by atoms with E-state index in [1.165, 1.54) is 0 Å². The zero-order valence-electron chi connectivity index (χ0n) is 12.8. The van der Waals surface area contributed by atoms with Gasteiger partial charge in [0.15, 0.2) is 5.82 Å². The van der Waals surface area contributed by atoms with Gasteiger partial charge in [-0.1, -0.05) is 0 Å². The summed E-state index contributed by atoms with van der Waals surface area (Å²) >= 11 is 1.61. The van der Waals surface area contributed by atoms with Gasteiger partial charge in [0.05, 0.1) is 18.8 Å². The van der Waals surface area contributed by atoms with E-state index in [2.05, 4.69) is 26.2 Å². The minimum atomic E-state index is -0.0811. The number of anilines is 1. The van der Waals surface area contributed by atoms with E-state index < -0.39 is 0 Å². The van der Waals surface area contributed by atoms with Crippen LogP contribution >= 0.6 is 11.3 Å². The predicted molar refractivity (Wildman–Crippen MR) is 84.0 cm³/mol. The third kappa shape index (κ3) is 2.67. The van der Waals surface area contributed by atoms with E-state index in [0.29, 0.717) is 31.1 Å². The average Bonchev–Trinajstić information content (AvgIpc) is 2.96. The molecule has 0 amide bonds. The van der Waals surface area contributed by atoms with Crippen LogP contribution in [0.4, 0.5) is 5.82 Å². The van der Waals surface area contributed by atoms with Crippen LogP contribution in [0.5, 0.6) is 0 Å². The molecule has 0 bridgehead atoms. The van der Waals surface area contributed by atoms with Crippen molar-refractivity contribution in [1.82, 2.24) is 15.2 Å². The normalized spacial score (nSPS) is 18.3. The molecule has 22 heavy (non-hydrogen) atoms. The lowest BCUT2D eigenvalue weighted by Gasteiger charge is -2.33. The van der Waals surface area contributed by atoms with Crippen molar-refractivity contribution in [3.05, 3.63) is 32.9 Å². The molecule has 0 unspecified atom stereocenters. The summed E-state index contributed by atoms with van der Waals surface area (Å²) in [5, 5.41) is 20.9. The molecule has 0 aromatic carbocycles. The lowest BCUT2D eigenvalue weighted by Crippen LogP contribution is -2.39. The third-order valence-electron chi connectivity index (χ3n) is 3.83. The number of aromatic nitrogens is 3. The van der Waals surface area contributed by atoms with Crippen molar-refractivity contribution < 1.29 is 4.74 Å². The molecule has 0 N–H and O–H groups in total. The number of ether oxygens (including phenoxy) is 1. The van der Waals surface area contributed by atoms with Crippen LogP contribution in [0.2, 0.25) is 0 Å². The molecule has 1 aliphatic heterocycles. The van der Waals surface area contributed by atoms with Crippen molar-refractivity contribution in [2.24, 2.45) is 0 Å². The number of aryl methyl sites for hydroxylation is 2. The van der Waals surface area contributed by atoms with Crippen molar-refractivity contribution in [2.75, 3.05) is 24.6 Å². The summed E-state index contributed by atoms with van der Waals surface area (Å²) in [6.45, 7) is 7.68. The molecule has 3 rings (SSSR count). The van der Waals surface area contributed by atoms with Crippen LogP contribution < -0.4 is 4.90 Å². The molecule has 2 aromatic heterocycles. The van der Waals surface area contributed by atoms with Crippen molar-refractivity contribution in [3.8, 4) is 6.07 Å². The predicted octanol–water partition coefficient (Wildman–Crippen LogP) is 2.31. The molecule has 1 aliphatic rings. The molecule has 7 heteroatoms. The number of morpholine rings is 1. The summed E-state index contributed by atoms with van der Waals surface area (Å²) < 4.78 is 5.83. The maximum atomic E-state index is 9.45. The fourth-order valence-electron chi connectivity index (χ4n) is 2.46. The second kappa shape index (κ2) is 5.99. The van der Waals surface area contributed by atoms with Crippen LogP contribution in [-0.4, -0.2) is 34.9 Å². The van der Waals surface area contributed by atoms with Crippen molar-refractivity contribution in [1.29, 1.82) is 5.26 Å². The smallest absolute Gasteiger partial charge is 0.169 e. The standard InChI is InChI=1S/C15H17N5OS/c1-9-8-22-15(17-9)13-7-20(4-5-21-13)14-12(6-16)10(2)11(3)18-19-14/h8,13H,4-5,7H2,1-3H3/t13-/m1/s1. The number of thiazole rings is 1. The maximum absolute atomic E-state index is 9.45. The zero-order chi connectivity index (χ0) is 15.7. The Hall–Kier alpha value is -2.04. The van der Waals surface area contributed by atoms with Crippen LogP contribution in [0.25, 0.3) is 0 Å². The highest BCUT2D eigenvalue weighted by molar-refractivity contribution is 7.09. The Morgan fingerprint density at radius 1 is 1.36 bits per heavy atom. The minimum Gasteiger partial charge on any atom is -0.367 e. The van der Waals surface area contributed by atoms with Gasteiger partial charge < -0.3 is 9.64 Å². The lowest BCUT2D eigenvalue weighted by molar-refractivity contribution is 0.0392. The molecule has 0 spiro atoms. The van der Waals surface area contributed by atoms with Gasteiger partial charge in [-0.05, 0) is 26.3 Å². The van der Waals surface area contributed by atoms with Gasteiger partial charge in [-0.2, -0.15) is 10.4 Å². The molecule has 2 aromatic rings. The molecular weight excluding hydrogens is 298 g/mol. The largest absolute Gasteiger partial charge is 0.367 e. The van der Waals surface area contributed by atoms with Crippen LogP contribution in [-0.2, 0) is 4.74 Å². The van der Waals surface area contributed by atoms with Gasteiger partial charge in [0.25, 0.3) is 0 Å². The summed E-state index contributed by atoms with van der Waals surface area (Å²) in [5.74, 6) is 0.646. The van der Waals surface area contributed by atoms with E-state index in [4.69, 9.17) is 4.74 Å². The minimum absolute atomic E-state index is 0.0811. The number of hydrogen-bond acceptors (Lipinski definition) is 7. The lowest BCUT2D eigenvalue weighted by atomic mass is 10.1. The Kier molecular flexibility index (Phi) is 4.05. The zero-order valence-corrected chi connectivity index (χ0v) is 13.6.